The zero-order valence-corrected chi connectivity index (χ0v) is 9.91. The van der Waals surface area contributed by atoms with Crippen LogP contribution in [0.2, 0.25) is 0 Å². The van der Waals surface area contributed by atoms with Crippen LogP contribution in [-0.4, -0.2) is 9.97 Å². The van der Waals surface area contributed by atoms with Crippen molar-refractivity contribution in [3.8, 4) is 11.4 Å². The first-order valence-electron chi connectivity index (χ1n) is 3.89. The molecule has 2 aromatic heterocycles. The molecule has 0 amide bonds. The van der Waals surface area contributed by atoms with Crippen LogP contribution in [0.5, 0.6) is 0 Å². The van der Waals surface area contributed by atoms with Gasteiger partial charge in [-0.2, -0.15) is 0 Å². The Kier molecular flexibility index (Phi) is 3.87. The van der Waals surface area contributed by atoms with Crippen LogP contribution in [0.4, 0.5) is 4.39 Å². The van der Waals surface area contributed by atoms with Crippen molar-refractivity contribution in [2.75, 3.05) is 0 Å². The summed E-state index contributed by atoms with van der Waals surface area (Å²) in [6.45, 7) is 0. The van der Waals surface area contributed by atoms with Gasteiger partial charge in [-0.3, -0.25) is 9.97 Å². The van der Waals surface area contributed by atoms with Crippen molar-refractivity contribution in [2.45, 2.75) is 0 Å². The molecule has 0 spiro atoms. The minimum atomic E-state index is -0.334. The average Bonchev–Trinajstić information content (AvgIpc) is 2.20. The van der Waals surface area contributed by atoms with Crippen LogP contribution < -0.4 is 0 Å². The van der Waals surface area contributed by atoms with Gasteiger partial charge in [0.15, 0.2) is 0 Å². The molecular formula is C10H7FN2Re. The van der Waals surface area contributed by atoms with Gasteiger partial charge in [-0.05, 0) is 24.3 Å². The van der Waals surface area contributed by atoms with Gasteiger partial charge in [-0.15, -0.1) is 0 Å². The summed E-state index contributed by atoms with van der Waals surface area (Å²) in [6.07, 6.45) is 2.87. The molecule has 0 saturated heterocycles. The first-order chi connectivity index (χ1) is 6.36. The fourth-order valence-corrected chi connectivity index (χ4v) is 1.04. The van der Waals surface area contributed by atoms with E-state index in [2.05, 4.69) is 9.97 Å². The number of rotatable bonds is 1. The fraction of sp³-hybridized carbons (Fsp3) is 0. The molecule has 4 heteroatoms. The Balaban J connectivity index is 0.000000980. The van der Waals surface area contributed by atoms with Gasteiger partial charge < -0.3 is 0 Å². The van der Waals surface area contributed by atoms with Gasteiger partial charge in [-0.1, -0.05) is 6.07 Å². The van der Waals surface area contributed by atoms with Crippen molar-refractivity contribution >= 4 is 0 Å². The first-order valence-corrected chi connectivity index (χ1v) is 3.89. The molecule has 2 rings (SSSR count). The van der Waals surface area contributed by atoms with Gasteiger partial charge in [0.2, 0.25) is 0 Å². The summed E-state index contributed by atoms with van der Waals surface area (Å²) in [5.41, 5.74) is 1.43. The standard InChI is InChI=1S/C10H7FN2.Re/c11-8-4-5-10(13-7-8)9-3-1-2-6-12-9;/h1-7H;. The van der Waals surface area contributed by atoms with E-state index in [4.69, 9.17) is 0 Å². The van der Waals surface area contributed by atoms with Crippen LogP contribution in [0.25, 0.3) is 11.4 Å². The van der Waals surface area contributed by atoms with Gasteiger partial charge in [0.1, 0.15) is 5.82 Å². The van der Waals surface area contributed by atoms with E-state index in [1.807, 2.05) is 18.2 Å². The zero-order valence-electron chi connectivity index (χ0n) is 7.19. The summed E-state index contributed by atoms with van der Waals surface area (Å²) in [5.74, 6) is -0.334. The fourth-order valence-electron chi connectivity index (χ4n) is 1.04. The predicted molar refractivity (Wildman–Crippen MR) is 47.4 cm³/mol. The number of hydrogen-bond donors (Lipinski definition) is 0. The Hall–Kier alpha value is -1.11. The molecule has 0 atom stereocenters. The minimum Gasteiger partial charge on any atom is -0.255 e. The maximum Gasteiger partial charge on any atom is 0.141 e. The first kappa shape index (κ1) is 11.0. The molecule has 0 N–H and O–H groups in total. The topological polar surface area (TPSA) is 25.8 Å². The summed E-state index contributed by atoms with van der Waals surface area (Å²) in [4.78, 5) is 8.00. The zero-order chi connectivity index (χ0) is 9.10. The summed E-state index contributed by atoms with van der Waals surface area (Å²) < 4.78 is 12.5. The Morgan fingerprint density at radius 3 is 2.29 bits per heavy atom. The molecule has 2 nitrogen and oxygen atoms in total. The Morgan fingerprint density at radius 1 is 0.929 bits per heavy atom. The quantitative estimate of drug-likeness (QED) is 0.780. The molecule has 0 saturated carbocycles. The number of aromatic nitrogens is 2. The molecule has 0 aliphatic rings. The third kappa shape index (κ3) is 2.44. The van der Waals surface area contributed by atoms with Crippen LogP contribution in [0.1, 0.15) is 0 Å². The molecule has 0 unspecified atom stereocenters. The normalized spacial score (nSPS) is 9.21. The average molecular weight is 360 g/mol. The summed E-state index contributed by atoms with van der Waals surface area (Å²) >= 11 is 0. The van der Waals surface area contributed by atoms with Crippen molar-refractivity contribution < 1.29 is 24.8 Å². The van der Waals surface area contributed by atoms with Crippen LogP contribution in [0.3, 0.4) is 0 Å². The van der Waals surface area contributed by atoms with Crippen LogP contribution in [0, 0.1) is 5.82 Å². The van der Waals surface area contributed by atoms with Crippen molar-refractivity contribution in [3.63, 3.8) is 0 Å². The van der Waals surface area contributed by atoms with Gasteiger partial charge >= 0.3 is 0 Å². The molecule has 2 aromatic rings. The summed E-state index contributed by atoms with van der Waals surface area (Å²) in [5, 5.41) is 0. The van der Waals surface area contributed by atoms with Gasteiger partial charge in [0.25, 0.3) is 0 Å². The smallest absolute Gasteiger partial charge is 0.141 e. The summed E-state index contributed by atoms with van der Waals surface area (Å²) in [7, 11) is 0. The Labute approximate surface area is 94.9 Å². The maximum absolute atomic E-state index is 12.5. The van der Waals surface area contributed by atoms with Crippen molar-refractivity contribution in [1.29, 1.82) is 0 Å². The second-order valence-corrected chi connectivity index (χ2v) is 2.58. The van der Waals surface area contributed by atoms with E-state index in [-0.39, 0.29) is 26.2 Å². The van der Waals surface area contributed by atoms with Crippen molar-refractivity contribution in [1.82, 2.24) is 9.97 Å². The second-order valence-electron chi connectivity index (χ2n) is 2.58. The maximum atomic E-state index is 12.5. The number of pyridine rings is 2. The largest absolute Gasteiger partial charge is 0.255 e. The van der Waals surface area contributed by atoms with E-state index in [1.165, 1.54) is 12.3 Å². The van der Waals surface area contributed by atoms with Gasteiger partial charge in [-0.25, -0.2) is 4.39 Å². The third-order valence-corrected chi connectivity index (χ3v) is 1.65. The van der Waals surface area contributed by atoms with Gasteiger partial charge in [0.05, 0.1) is 17.6 Å². The third-order valence-electron chi connectivity index (χ3n) is 1.65. The van der Waals surface area contributed by atoms with E-state index < -0.39 is 0 Å². The molecule has 2 heterocycles. The van der Waals surface area contributed by atoms with E-state index >= 15 is 0 Å². The molecule has 14 heavy (non-hydrogen) atoms. The van der Waals surface area contributed by atoms with Crippen molar-refractivity contribution in [2.24, 2.45) is 0 Å². The molecule has 0 bridgehead atoms. The predicted octanol–water partition coefficient (Wildman–Crippen LogP) is 2.28. The van der Waals surface area contributed by atoms with Gasteiger partial charge in [0, 0.05) is 26.6 Å². The van der Waals surface area contributed by atoms with Crippen LogP contribution >= 0.6 is 0 Å². The minimum absolute atomic E-state index is 0. The van der Waals surface area contributed by atoms with Crippen LogP contribution in [0.15, 0.2) is 42.7 Å². The Bertz CT molecular complexity index is 389. The van der Waals surface area contributed by atoms with E-state index in [0.29, 0.717) is 5.69 Å². The van der Waals surface area contributed by atoms with Crippen LogP contribution in [-0.2, 0) is 20.4 Å². The van der Waals surface area contributed by atoms with E-state index in [1.54, 1.807) is 12.3 Å². The number of nitrogens with zero attached hydrogens (tertiary/aromatic N) is 2. The molecule has 0 aliphatic heterocycles. The molecule has 0 aromatic carbocycles. The molecule has 1 radical (unpaired) electrons. The molecule has 71 valence electrons. The SMILES string of the molecule is Fc1ccc(-c2ccccn2)nc1.[Re]. The number of halogens is 1. The Morgan fingerprint density at radius 2 is 1.71 bits per heavy atom. The van der Waals surface area contributed by atoms with Crippen molar-refractivity contribution in [3.05, 3.63) is 48.5 Å². The summed E-state index contributed by atoms with van der Waals surface area (Å²) in [6, 6.07) is 8.51. The molecule has 0 fully saturated rings. The molecular weight excluding hydrogens is 353 g/mol. The monoisotopic (exact) mass is 361 g/mol. The second kappa shape index (κ2) is 4.94. The number of hydrogen-bond acceptors (Lipinski definition) is 2. The molecule has 0 aliphatic carbocycles. The van der Waals surface area contributed by atoms with E-state index in [0.717, 1.165) is 5.69 Å². The van der Waals surface area contributed by atoms with E-state index in [9.17, 15) is 4.39 Å².